The summed E-state index contributed by atoms with van der Waals surface area (Å²) < 4.78 is 5.66. The quantitative estimate of drug-likeness (QED) is 0.213. The summed E-state index contributed by atoms with van der Waals surface area (Å²) in [4.78, 5) is 7.27. The lowest BCUT2D eigenvalue weighted by atomic mass is 10.2. The Morgan fingerprint density at radius 1 is 1.08 bits per heavy atom. The van der Waals surface area contributed by atoms with Gasteiger partial charge in [-0.3, -0.25) is 4.99 Å². The molecule has 0 amide bonds. The minimum Gasteiger partial charge on any atom is -0.381 e. The minimum absolute atomic E-state index is 0. The minimum atomic E-state index is 0. The third-order valence-corrected chi connectivity index (χ3v) is 4.75. The highest BCUT2D eigenvalue weighted by Crippen LogP contribution is 2.28. The van der Waals surface area contributed by atoms with Crippen molar-refractivity contribution in [2.75, 3.05) is 52.5 Å². The van der Waals surface area contributed by atoms with Gasteiger partial charge in [0, 0.05) is 32.8 Å². The lowest BCUT2D eigenvalue weighted by Crippen LogP contribution is -2.39. The van der Waals surface area contributed by atoms with E-state index in [1.807, 2.05) is 0 Å². The second kappa shape index (κ2) is 15.0. The molecule has 1 aliphatic carbocycles. The summed E-state index contributed by atoms with van der Waals surface area (Å²) in [6.45, 7) is 10.5. The van der Waals surface area contributed by atoms with Crippen molar-refractivity contribution in [3.05, 3.63) is 0 Å². The molecule has 2 aliphatic rings. The van der Waals surface area contributed by atoms with Crippen LogP contribution in [0.5, 0.6) is 0 Å². The van der Waals surface area contributed by atoms with Crippen molar-refractivity contribution in [3.63, 3.8) is 0 Å². The van der Waals surface area contributed by atoms with Gasteiger partial charge >= 0.3 is 0 Å². The number of ether oxygens (including phenoxy) is 1. The molecule has 0 spiro atoms. The molecule has 0 aromatic rings. The van der Waals surface area contributed by atoms with Crippen LogP contribution in [0.15, 0.2) is 4.99 Å². The molecule has 0 unspecified atom stereocenters. The van der Waals surface area contributed by atoms with Crippen molar-refractivity contribution < 1.29 is 4.74 Å². The molecule has 2 N–H and O–H groups in total. The van der Waals surface area contributed by atoms with E-state index in [1.165, 1.54) is 64.6 Å². The second-order valence-corrected chi connectivity index (χ2v) is 7.17. The zero-order chi connectivity index (χ0) is 16.9. The Hall–Kier alpha value is -0.0800. The first-order valence-electron chi connectivity index (χ1n) is 10.2. The largest absolute Gasteiger partial charge is 0.381 e. The van der Waals surface area contributed by atoms with Gasteiger partial charge in [0.2, 0.25) is 0 Å². The van der Waals surface area contributed by atoms with Crippen molar-refractivity contribution in [2.45, 2.75) is 58.3 Å². The Kier molecular flexibility index (Phi) is 13.8. The topological polar surface area (TPSA) is 48.9 Å². The SMILES string of the molecule is CCNC(=NCCCOCC1CC1)NCCCN1CCCCCC1.I. The molecule has 1 saturated carbocycles. The molecule has 1 heterocycles. The maximum atomic E-state index is 5.66. The fourth-order valence-electron chi connectivity index (χ4n) is 3.10. The first-order chi connectivity index (χ1) is 11.9. The first kappa shape index (κ1) is 23.0. The molecular weight excluding hydrogens is 427 g/mol. The van der Waals surface area contributed by atoms with Gasteiger partial charge in [0.15, 0.2) is 5.96 Å². The number of nitrogens with zero attached hydrogens (tertiary/aromatic N) is 2. The fourth-order valence-corrected chi connectivity index (χ4v) is 3.10. The molecule has 6 heteroatoms. The van der Waals surface area contributed by atoms with Crippen molar-refractivity contribution in [1.29, 1.82) is 0 Å². The molecule has 0 aromatic heterocycles. The molecule has 0 aromatic carbocycles. The van der Waals surface area contributed by atoms with Crippen molar-refractivity contribution in [3.8, 4) is 0 Å². The van der Waals surface area contributed by atoms with Gasteiger partial charge in [-0.15, -0.1) is 24.0 Å². The van der Waals surface area contributed by atoms with E-state index in [9.17, 15) is 0 Å². The van der Waals surface area contributed by atoms with Gasteiger partial charge in [-0.25, -0.2) is 0 Å². The Morgan fingerprint density at radius 2 is 1.84 bits per heavy atom. The van der Waals surface area contributed by atoms with E-state index in [2.05, 4.69) is 27.4 Å². The van der Waals surface area contributed by atoms with Crippen molar-refractivity contribution in [2.24, 2.45) is 10.9 Å². The molecule has 1 aliphatic heterocycles. The summed E-state index contributed by atoms with van der Waals surface area (Å²) in [7, 11) is 0. The van der Waals surface area contributed by atoms with Gasteiger partial charge in [0.05, 0.1) is 0 Å². The molecule has 0 radical (unpaired) electrons. The van der Waals surface area contributed by atoms with E-state index in [0.717, 1.165) is 51.1 Å². The monoisotopic (exact) mass is 466 g/mol. The Balaban J connectivity index is 0.00000312. The summed E-state index contributed by atoms with van der Waals surface area (Å²) in [5.41, 5.74) is 0. The smallest absolute Gasteiger partial charge is 0.191 e. The normalized spacial score (nSPS) is 19.2. The number of likely N-dealkylation sites (tertiary alicyclic amines) is 1. The zero-order valence-corrected chi connectivity index (χ0v) is 18.4. The Bertz CT molecular complexity index is 342. The van der Waals surface area contributed by atoms with Crippen LogP contribution in [-0.4, -0.2) is 63.3 Å². The van der Waals surface area contributed by atoms with Crippen LogP contribution < -0.4 is 10.6 Å². The van der Waals surface area contributed by atoms with Crippen LogP contribution in [0.4, 0.5) is 0 Å². The number of guanidine groups is 1. The Labute approximate surface area is 171 Å². The fraction of sp³-hybridized carbons (Fsp3) is 0.947. The van der Waals surface area contributed by atoms with E-state index >= 15 is 0 Å². The lowest BCUT2D eigenvalue weighted by Gasteiger charge is -2.20. The highest BCUT2D eigenvalue weighted by atomic mass is 127. The third kappa shape index (κ3) is 12.0. The van der Waals surface area contributed by atoms with Crippen LogP contribution in [0.2, 0.25) is 0 Å². The number of aliphatic imine (C=N–C) groups is 1. The molecular formula is C19H39IN4O. The van der Waals surface area contributed by atoms with E-state index in [4.69, 9.17) is 4.74 Å². The molecule has 2 fully saturated rings. The number of nitrogens with one attached hydrogen (secondary N) is 2. The van der Waals surface area contributed by atoms with Crippen LogP contribution in [-0.2, 0) is 4.74 Å². The molecule has 5 nitrogen and oxygen atoms in total. The maximum Gasteiger partial charge on any atom is 0.191 e. The van der Waals surface area contributed by atoms with Crippen molar-refractivity contribution >= 4 is 29.9 Å². The Morgan fingerprint density at radius 3 is 2.52 bits per heavy atom. The summed E-state index contributed by atoms with van der Waals surface area (Å²) in [6.07, 6.45) is 10.5. The maximum absolute atomic E-state index is 5.66. The third-order valence-electron chi connectivity index (χ3n) is 4.75. The number of hydrogen-bond donors (Lipinski definition) is 2. The van der Waals surface area contributed by atoms with Crippen LogP contribution in [0, 0.1) is 5.92 Å². The summed E-state index contributed by atoms with van der Waals surface area (Å²) in [6, 6.07) is 0. The van der Waals surface area contributed by atoms with Gasteiger partial charge in [-0.1, -0.05) is 12.8 Å². The van der Waals surface area contributed by atoms with E-state index < -0.39 is 0 Å². The summed E-state index contributed by atoms with van der Waals surface area (Å²) in [5.74, 6) is 1.81. The number of rotatable bonds is 11. The predicted octanol–water partition coefficient (Wildman–Crippen LogP) is 3.24. The standard InChI is InChI=1S/C19H38N4O.HI/c1-2-20-19(22-12-8-16-24-17-18-9-10-18)21-11-7-15-23-13-5-3-4-6-14-23;/h18H,2-17H2,1H3,(H2,20,21,22);1H. The number of halogens is 1. The van der Waals surface area contributed by atoms with E-state index in [1.54, 1.807) is 0 Å². The number of hydrogen-bond acceptors (Lipinski definition) is 3. The van der Waals surface area contributed by atoms with Gasteiger partial charge in [0.25, 0.3) is 0 Å². The highest BCUT2D eigenvalue weighted by Gasteiger charge is 2.20. The molecule has 1 saturated heterocycles. The average molecular weight is 466 g/mol. The average Bonchev–Trinajstić information content (AvgIpc) is 3.42. The molecule has 0 atom stereocenters. The summed E-state index contributed by atoms with van der Waals surface area (Å²) >= 11 is 0. The van der Waals surface area contributed by atoms with Crippen LogP contribution in [0.25, 0.3) is 0 Å². The van der Waals surface area contributed by atoms with Crippen molar-refractivity contribution in [1.82, 2.24) is 15.5 Å². The van der Waals surface area contributed by atoms with Crippen LogP contribution >= 0.6 is 24.0 Å². The van der Waals surface area contributed by atoms with Crippen LogP contribution in [0.1, 0.15) is 58.3 Å². The van der Waals surface area contributed by atoms with Gasteiger partial charge in [-0.05, 0) is 71.0 Å². The first-order valence-corrected chi connectivity index (χ1v) is 10.2. The lowest BCUT2D eigenvalue weighted by molar-refractivity contribution is 0.123. The molecule has 2 rings (SSSR count). The predicted molar refractivity (Wildman–Crippen MR) is 117 cm³/mol. The van der Waals surface area contributed by atoms with E-state index in [-0.39, 0.29) is 24.0 Å². The molecule has 0 bridgehead atoms. The van der Waals surface area contributed by atoms with E-state index in [0.29, 0.717) is 0 Å². The zero-order valence-electron chi connectivity index (χ0n) is 16.1. The van der Waals surface area contributed by atoms with Crippen LogP contribution in [0.3, 0.4) is 0 Å². The van der Waals surface area contributed by atoms with Gasteiger partial charge in [0.1, 0.15) is 0 Å². The van der Waals surface area contributed by atoms with Gasteiger partial charge < -0.3 is 20.3 Å². The van der Waals surface area contributed by atoms with Gasteiger partial charge in [-0.2, -0.15) is 0 Å². The highest BCUT2D eigenvalue weighted by molar-refractivity contribution is 14.0. The molecule has 148 valence electrons. The molecule has 25 heavy (non-hydrogen) atoms. The second-order valence-electron chi connectivity index (χ2n) is 7.17. The summed E-state index contributed by atoms with van der Waals surface area (Å²) in [5, 5.41) is 6.80.